The van der Waals surface area contributed by atoms with Crippen molar-refractivity contribution in [3.8, 4) is 23.0 Å². The van der Waals surface area contributed by atoms with Gasteiger partial charge in [-0.3, -0.25) is 4.98 Å². The van der Waals surface area contributed by atoms with Crippen LogP contribution < -0.4 is 19.5 Å². The number of ether oxygens (including phenoxy) is 3. The van der Waals surface area contributed by atoms with Crippen LogP contribution in [0.25, 0.3) is 10.9 Å². The third-order valence-corrected chi connectivity index (χ3v) is 4.59. The quantitative estimate of drug-likeness (QED) is 0.444. The minimum atomic E-state index is 0.455. The molecule has 0 radical (unpaired) electrons. The normalized spacial score (nSPS) is 10.6. The Bertz CT molecular complexity index is 1100. The molecule has 0 atom stereocenters. The first-order chi connectivity index (χ1) is 14.3. The number of methoxy groups -OCH3 is 1. The zero-order valence-corrected chi connectivity index (χ0v) is 16.4. The number of nitrogens with one attached hydrogen (secondary N) is 1. The van der Waals surface area contributed by atoms with E-state index in [1.165, 1.54) is 0 Å². The van der Waals surface area contributed by atoms with Gasteiger partial charge in [0.15, 0.2) is 11.5 Å². The van der Waals surface area contributed by atoms with Gasteiger partial charge in [0.2, 0.25) is 0 Å². The van der Waals surface area contributed by atoms with Crippen molar-refractivity contribution < 1.29 is 14.2 Å². The predicted octanol–water partition coefficient (Wildman–Crippen LogP) is 5.66. The van der Waals surface area contributed by atoms with Crippen LogP contribution in [-0.2, 0) is 6.61 Å². The molecular formula is C24H22N2O3. The topological polar surface area (TPSA) is 52.6 Å². The van der Waals surface area contributed by atoms with Crippen LogP contribution in [-0.4, -0.2) is 19.1 Å². The number of nitrogens with zero attached hydrogens (tertiary/aromatic N) is 1. The number of hydrogen-bond donors (Lipinski definition) is 1. The molecule has 0 fully saturated rings. The fourth-order valence-corrected chi connectivity index (χ4v) is 3.04. The van der Waals surface area contributed by atoms with Crippen LogP contribution in [0, 0.1) is 0 Å². The summed E-state index contributed by atoms with van der Waals surface area (Å²) >= 11 is 0. The average molecular weight is 386 g/mol. The van der Waals surface area contributed by atoms with E-state index in [4.69, 9.17) is 14.2 Å². The van der Waals surface area contributed by atoms with E-state index >= 15 is 0 Å². The molecular weight excluding hydrogens is 364 g/mol. The van der Waals surface area contributed by atoms with Crippen molar-refractivity contribution in [1.29, 1.82) is 0 Å². The fourth-order valence-electron chi connectivity index (χ4n) is 3.04. The summed E-state index contributed by atoms with van der Waals surface area (Å²) in [5, 5.41) is 3.95. The first-order valence-corrected chi connectivity index (χ1v) is 9.36. The Morgan fingerprint density at radius 2 is 1.66 bits per heavy atom. The molecule has 0 aliphatic carbocycles. The van der Waals surface area contributed by atoms with Crippen LogP contribution in [0.2, 0.25) is 0 Å². The molecule has 4 rings (SSSR count). The van der Waals surface area contributed by atoms with Crippen molar-refractivity contribution in [2.45, 2.75) is 6.61 Å². The number of anilines is 1. The van der Waals surface area contributed by atoms with Gasteiger partial charge in [-0.1, -0.05) is 30.3 Å². The van der Waals surface area contributed by atoms with Gasteiger partial charge in [-0.25, -0.2) is 0 Å². The second kappa shape index (κ2) is 8.52. The first-order valence-electron chi connectivity index (χ1n) is 9.36. The van der Waals surface area contributed by atoms with Gasteiger partial charge in [0.05, 0.1) is 12.6 Å². The lowest BCUT2D eigenvalue weighted by Gasteiger charge is -2.14. The zero-order valence-electron chi connectivity index (χ0n) is 16.4. The molecule has 5 heteroatoms. The molecule has 29 heavy (non-hydrogen) atoms. The van der Waals surface area contributed by atoms with Crippen molar-refractivity contribution in [3.63, 3.8) is 0 Å². The number of rotatable bonds is 7. The molecule has 146 valence electrons. The number of hydrogen-bond acceptors (Lipinski definition) is 5. The Morgan fingerprint density at radius 1 is 0.862 bits per heavy atom. The van der Waals surface area contributed by atoms with Gasteiger partial charge in [-0.05, 0) is 42.0 Å². The fraction of sp³-hybridized carbons (Fsp3) is 0.125. The van der Waals surface area contributed by atoms with E-state index in [1.807, 2.05) is 79.8 Å². The summed E-state index contributed by atoms with van der Waals surface area (Å²) in [5.41, 5.74) is 2.89. The maximum Gasteiger partial charge on any atom is 0.163 e. The molecule has 1 aromatic heterocycles. The van der Waals surface area contributed by atoms with Gasteiger partial charge in [0, 0.05) is 30.4 Å². The minimum Gasteiger partial charge on any atom is -0.493 e. The van der Waals surface area contributed by atoms with Crippen LogP contribution in [0.4, 0.5) is 5.69 Å². The highest BCUT2D eigenvalue weighted by Crippen LogP contribution is 2.37. The second-order valence-electron chi connectivity index (χ2n) is 6.48. The molecule has 0 unspecified atom stereocenters. The summed E-state index contributed by atoms with van der Waals surface area (Å²) in [7, 11) is 3.51. The molecule has 0 bridgehead atoms. The van der Waals surface area contributed by atoms with Crippen molar-refractivity contribution in [2.24, 2.45) is 0 Å². The maximum atomic E-state index is 6.10. The third kappa shape index (κ3) is 4.24. The Kier molecular flexibility index (Phi) is 5.47. The van der Waals surface area contributed by atoms with Gasteiger partial charge in [-0.15, -0.1) is 0 Å². The lowest BCUT2D eigenvalue weighted by molar-refractivity contribution is 0.285. The van der Waals surface area contributed by atoms with Crippen LogP contribution in [0.5, 0.6) is 23.0 Å². The van der Waals surface area contributed by atoms with Crippen LogP contribution >= 0.6 is 0 Å². The van der Waals surface area contributed by atoms with Gasteiger partial charge in [0.1, 0.15) is 18.1 Å². The van der Waals surface area contributed by atoms with E-state index in [1.54, 1.807) is 13.3 Å². The number of benzene rings is 3. The highest BCUT2D eigenvalue weighted by atomic mass is 16.5. The summed E-state index contributed by atoms with van der Waals surface area (Å²) < 4.78 is 17.6. The Labute approximate surface area is 169 Å². The average Bonchev–Trinajstić information content (AvgIpc) is 2.78. The molecule has 0 amide bonds. The minimum absolute atomic E-state index is 0.455. The van der Waals surface area contributed by atoms with E-state index in [0.717, 1.165) is 27.9 Å². The van der Waals surface area contributed by atoms with Crippen LogP contribution in [0.1, 0.15) is 5.56 Å². The van der Waals surface area contributed by atoms with E-state index in [2.05, 4.69) is 10.3 Å². The van der Waals surface area contributed by atoms with E-state index in [0.29, 0.717) is 23.9 Å². The Hall–Kier alpha value is -3.73. The summed E-state index contributed by atoms with van der Waals surface area (Å²) in [6.45, 7) is 0.455. The van der Waals surface area contributed by atoms with Gasteiger partial charge < -0.3 is 19.5 Å². The summed E-state index contributed by atoms with van der Waals surface area (Å²) in [4.78, 5) is 4.48. The second-order valence-corrected chi connectivity index (χ2v) is 6.48. The SMILES string of the molecule is CNc1ccc(Oc2ccnc3cc(OCc4ccccc4)c(OC)cc23)cc1. The molecule has 1 N–H and O–H groups in total. The molecule has 1 heterocycles. The van der Waals surface area contributed by atoms with Crippen LogP contribution in [0.3, 0.4) is 0 Å². The van der Waals surface area contributed by atoms with Crippen LogP contribution in [0.15, 0.2) is 79.0 Å². The Balaban J connectivity index is 1.63. The smallest absolute Gasteiger partial charge is 0.163 e. The van der Waals surface area contributed by atoms with E-state index in [-0.39, 0.29) is 0 Å². The zero-order chi connectivity index (χ0) is 20.1. The molecule has 0 aliphatic heterocycles. The van der Waals surface area contributed by atoms with Crippen molar-refractivity contribution in [3.05, 3.63) is 84.6 Å². The van der Waals surface area contributed by atoms with Gasteiger partial charge >= 0.3 is 0 Å². The first kappa shape index (κ1) is 18.6. The summed E-state index contributed by atoms with van der Waals surface area (Å²) in [6.07, 6.45) is 1.73. The standard InChI is InChI=1S/C24H22N2O3/c1-25-18-8-10-19(11-9-18)29-22-12-13-26-21-15-24(23(27-2)14-20(21)22)28-16-17-6-4-3-5-7-17/h3-15,25H,16H2,1-2H3. The monoisotopic (exact) mass is 386 g/mol. The largest absolute Gasteiger partial charge is 0.493 e. The summed E-state index contributed by atoms with van der Waals surface area (Å²) in [5.74, 6) is 2.74. The van der Waals surface area contributed by atoms with Crippen molar-refractivity contribution in [2.75, 3.05) is 19.5 Å². The molecule has 0 saturated heterocycles. The lowest BCUT2D eigenvalue weighted by atomic mass is 10.1. The molecule has 0 saturated carbocycles. The molecule has 0 spiro atoms. The van der Waals surface area contributed by atoms with Gasteiger partial charge in [-0.2, -0.15) is 0 Å². The third-order valence-electron chi connectivity index (χ3n) is 4.59. The van der Waals surface area contributed by atoms with E-state index < -0.39 is 0 Å². The highest BCUT2D eigenvalue weighted by molar-refractivity contribution is 5.88. The highest BCUT2D eigenvalue weighted by Gasteiger charge is 2.12. The van der Waals surface area contributed by atoms with Gasteiger partial charge in [0.25, 0.3) is 0 Å². The number of fused-ring (bicyclic) bond motifs is 1. The van der Waals surface area contributed by atoms with E-state index in [9.17, 15) is 0 Å². The predicted molar refractivity (Wildman–Crippen MR) is 115 cm³/mol. The van der Waals surface area contributed by atoms with Crippen molar-refractivity contribution >= 4 is 16.6 Å². The molecule has 5 nitrogen and oxygen atoms in total. The number of pyridine rings is 1. The molecule has 0 aliphatic rings. The Morgan fingerprint density at radius 3 is 2.38 bits per heavy atom. The van der Waals surface area contributed by atoms with Crippen molar-refractivity contribution in [1.82, 2.24) is 4.98 Å². The lowest BCUT2D eigenvalue weighted by Crippen LogP contribution is -1.98. The summed E-state index contributed by atoms with van der Waals surface area (Å²) in [6, 6.07) is 23.4. The molecule has 3 aromatic carbocycles. The number of aromatic nitrogens is 1. The maximum absolute atomic E-state index is 6.10. The molecule has 4 aromatic rings.